The van der Waals surface area contributed by atoms with Gasteiger partial charge in [0, 0.05) is 5.75 Å². The summed E-state index contributed by atoms with van der Waals surface area (Å²) in [5, 5.41) is 0.516. The van der Waals surface area contributed by atoms with Crippen LogP contribution in [0.5, 0.6) is 0 Å². The quantitative estimate of drug-likeness (QED) is 0.887. The predicted octanol–water partition coefficient (Wildman–Crippen LogP) is 2.68. The van der Waals surface area contributed by atoms with E-state index in [1.807, 2.05) is 0 Å². The van der Waals surface area contributed by atoms with E-state index in [0.717, 1.165) is 11.8 Å². The summed E-state index contributed by atoms with van der Waals surface area (Å²) in [7, 11) is 0. The molecule has 1 atom stereocenters. The predicted molar refractivity (Wildman–Crippen MR) is 63.0 cm³/mol. The third kappa shape index (κ3) is 3.15. The summed E-state index contributed by atoms with van der Waals surface area (Å²) in [4.78, 5) is 4.15. The Kier molecular flexibility index (Phi) is 3.33. The highest BCUT2D eigenvalue weighted by Crippen LogP contribution is 2.30. The van der Waals surface area contributed by atoms with Gasteiger partial charge in [0.05, 0.1) is 11.6 Å². The van der Waals surface area contributed by atoms with Crippen molar-refractivity contribution in [3.63, 3.8) is 0 Å². The highest BCUT2D eigenvalue weighted by atomic mass is 32.2. The topological polar surface area (TPSA) is 38.4 Å². The van der Waals surface area contributed by atoms with E-state index in [1.54, 1.807) is 6.07 Å². The van der Waals surface area contributed by atoms with Crippen molar-refractivity contribution < 1.29 is 13.2 Å². The minimum absolute atomic E-state index is 0.0107. The van der Waals surface area contributed by atoms with E-state index < -0.39 is 11.7 Å². The average molecular weight is 260 g/mol. The van der Waals surface area contributed by atoms with E-state index in [9.17, 15) is 13.2 Å². The Morgan fingerprint density at radius 1 is 1.41 bits per heavy atom. The van der Waals surface area contributed by atoms with Crippen molar-refractivity contribution >= 4 is 16.9 Å². The van der Waals surface area contributed by atoms with Gasteiger partial charge in [-0.05, 0) is 18.1 Å². The van der Waals surface area contributed by atoms with Gasteiger partial charge in [-0.2, -0.15) is 13.2 Å². The lowest BCUT2D eigenvalue weighted by atomic mass is 10.0. The molecular formula is C11H11F3N2S. The zero-order valence-electron chi connectivity index (χ0n) is 8.87. The van der Waals surface area contributed by atoms with Gasteiger partial charge >= 0.3 is 6.18 Å². The lowest BCUT2D eigenvalue weighted by molar-refractivity contribution is -0.137. The number of halogens is 3. The molecule has 0 amide bonds. The maximum Gasteiger partial charge on any atom is 0.416 e. The molecule has 2 nitrogen and oxygen atoms in total. The first-order valence-corrected chi connectivity index (χ1v) is 6.06. The first-order chi connectivity index (χ1) is 7.95. The van der Waals surface area contributed by atoms with Crippen molar-refractivity contribution in [1.82, 2.24) is 0 Å². The Morgan fingerprint density at radius 3 is 2.76 bits per heavy atom. The molecule has 1 aromatic carbocycles. The van der Waals surface area contributed by atoms with E-state index in [4.69, 9.17) is 5.73 Å². The smallest absolute Gasteiger partial charge is 0.379 e. The zero-order chi connectivity index (χ0) is 12.5. The highest BCUT2D eigenvalue weighted by Gasteiger charge is 2.30. The molecular weight excluding hydrogens is 249 g/mol. The van der Waals surface area contributed by atoms with Crippen molar-refractivity contribution in [3.05, 3.63) is 35.4 Å². The summed E-state index contributed by atoms with van der Waals surface area (Å²) >= 11 is 1.44. The van der Waals surface area contributed by atoms with Crippen molar-refractivity contribution in [2.75, 3.05) is 5.75 Å². The average Bonchev–Trinajstić information content (AvgIpc) is 2.63. The van der Waals surface area contributed by atoms with Crippen LogP contribution in [-0.4, -0.2) is 17.0 Å². The molecule has 0 bridgehead atoms. The van der Waals surface area contributed by atoms with Crippen molar-refractivity contribution in [2.24, 2.45) is 10.7 Å². The Bertz CT molecular complexity index is 443. The second-order valence-electron chi connectivity index (χ2n) is 3.83. The van der Waals surface area contributed by atoms with Gasteiger partial charge < -0.3 is 5.73 Å². The van der Waals surface area contributed by atoms with E-state index in [1.165, 1.54) is 23.9 Å². The fourth-order valence-corrected chi connectivity index (χ4v) is 2.47. The number of hydrogen-bond donors (Lipinski definition) is 1. The van der Waals surface area contributed by atoms with Gasteiger partial charge in [0.25, 0.3) is 0 Å². The Balaban J connectivity index is 2.12. The van der Waals surface area contributed by atoms with Gasteiger partial charge in [-0.1, -0.05) is 30.0 Å². The molecule has 0 saturated heterocycles. The molecule has 0 saturated carbocycles. The minimum Gasteiger partial charge on any atom is -0.379 e. The Hall–Kier alpha value is -1.17. The number of benzene rings is 1. The second kappa shape index (κ2) is 4.60. The molecule has 17 heavy (non-hydrogen) atoms. The SMILES string of the molecule is NC1=NC(Cc2cccc(C(F)(F)F)c2)CS1. The number of rotatable bonds is 2. The standard InChI is InChI=1S/C11H11F3N2S/c12-11(13,14)8-3-1-2-7(4-8)5-9-6-17-10(15)16-9/h1-4,9H,5-6H2,(H2,15,16). The summed E-state index contributed by atoms with van der Waals surface area (Å²) in [5.41, 5.74) is 5.54. The van der Waals surface area contributed by atoms with Gasteiger partial charge in [-0.25, -0.2) is 0 Å². The van der Waals surface area contributed by atoms with Crippen LogP contribution >= 0.6 is 11.8 Å². The van der Waals surface area contributed by atoms with Gasteiger partial charge in [-0.15, -0.1) is 0 Å². The molecule has 0 aliphatic carbocycles. The fraction of sp³-hybridized carbons (Fsp3) is 0.364. The monoisotopic (exact) mass is 260 g/mol. The number of alkyl halides is 3. The number of amidine groups is 1. The lowest BCUT2D eigenvalue weighted by Crippen LogP contribution is -2.10. The highest BCUT2D eigenvalue weighted by molar-refractivity contribution is 8.14. The molecule has 1 aromatic rings. The van der Waals surface area contributed by atoms with E-state index in [2.05, 4.69) is 4.99 Å². The van der Waals surface area contributed by atoms with Crippen LogP contribution in [0.3, 0.4) is 0 Å². The molecule has 2 rings (SSSR count). The molecule has 92 valence electrons. The number of hydrogen-bond acceptors (Lipinski definition) is 3. The first-order valence-electron chi connectivity index (χ1n) is 5.07. The first kappa shape index (κ1) is 12.3. The van der Waals surface area contributed by atoms with Crippen molar-refractivity contribution in [1.29, 1.82) is 0 Å². The third-order valence-electron chi connectivity index (χ3n) is 2.46. The summed E-state index contributed by atoms with van der Waals surface area (Å²) in [6.07, 6.45) is -3.79. The summed E-state index contributed by atoms with van der Waals surface area (Å²) in [6.45, 7) is 0. The molecule has 0 aromatic heterocycles. The second-order valence-corrected chi connectivity index (χ2v) is 4.87. The van der Waals surface area contributed by atoms with Crippen LogP contribution in [0.2, 0.25) is 0 Å². The molecule has 6 heteroatoms. The van der Waals surface area contributed by atoms with Crippen molar-refractivity contribution in [2.45, 2.75) is 18.6 Å². The summed E-state index contributed by atoms with van der Waals surface area (Å²) in [5.74, 6) is 0.738. The molecule has 1 heterocycles. The van der Waals surface area contributed by atoms with Crippen LogP contribution in [0.4, 0.5) is 13.2 Å². The van der Waals surface area contributed by atoms with E-state index in [0.29, 0.717) is 17.2 Å². The minimum atomic E-state index is -4.29. The third-order valence-corrected chi connectivity index (χ3v) is 3.41. The number of nitrogens with two attached hydrogens (primary N) is 1. The van der Waals surface area contributed by atoms with Crippen LogP contribution in [0.1, 0.15) is 11.1 Å². The molecule has 1 aliphatic heterocycles. The normalized spacial score (nSPS) is 20.4. The van der Waals surface area contributed by atoms with Crippen molar-refractivity contribution in [3.8, 4) is 0 Å². The maximum atomic E-state index is 12.5. The Labute approximate surface area is 101 Å². The van der Waals surface area contributed by atoms with E-state index >= 15 is 0 Å². The van der Waals surface area contributed by atoms with Crippen LogP contribution in [0, 0.1) is 0 Å². The lowest BCUT2D eigenvalue weighted by Gasteiger charge is -2.10. The van der Waals surface area contributed by atoms with Gasteiger partial charge in [0.1, 0.15) is 0 Å². The molecule has 0 fully saturated rings. The Morgan fingerprint density at radius 2 is 2.18 bits per heavy atom. The van der Waals surface area contributed by atoms with Crippen LogP contribution in [0.25, 0.3) is 0 Å². The number of nitrogens with zero attached hydrogens (tertiary/aromatic N) is 1. The maximum absolute atomic E-state index is 12.5. The van der Waals surface area contributed by atoms with Gasteiger partial charge in [0.2, 0.25) is 0 Å². The molecule has 2 N–H and O–H groups in total. The molecule has 0 spiro atoms. The van der Waals surface area contributed by atoms with E-state index in [-0.39, 0.29) is 6.04 Å². The van der Waals surface area contributed by atoms with Crippen LogP contribution < -0.4 is 5.73 Å². The van der Waals surface area contributed by atoms with Crippen LogP contribution in [0.15, 0.2) is 29.3 Å². The number of aliphatic imine (C=N–C) groups is 1. The zero-order valence-corrected chi connectivity index (χ0v) is 9.68. The van der Waals surface area contributed by atoms with Gasteiger partial charge in [-0.3, -0.25) is 4.99 Å². The molecule has 1 aliphatic rings. The fourth-order valence-electron chi connectivity index (χ4n) is 1.69. The van der Waals surface area contributed by atoms with Crippen LogP contribution in [-0.2, 0) is 12.6 Å². The number of thioether (sulfide) groups is 1. The summed E-state index contributed by atoms with van der Waals surface area (Å²) < 4.78 is 37.5. The largest absolute Gasteiger partial charge is 0.416 e. The van der Waals surface area contributed by atoms with Gasteiger partial charge in [0.15, 0.2) is 5.17 Å². The summed E-state index contributed by atoms with van der Waals surface area (Å²) in [6, 6.07) is 5.35. The molecule has 0 radical (unpaired) electrons. The molecule has 1 unspecified atom stereocenters.